The Morgan fingerprint density at radius 2 is 1.90 bits per heavy atom. The van der Waals surface area contributed by atoms with Crippen molar-refractivity contribution in [3.8, 4) is 0 Å². The molecule has 31 heavy (non-hydrogen) atoms. The Morgan fingerprint density at radius 3 is 2.65 bits per heavy atom. The van der Waals surface area contributed by atoms with E-state index in [2.05, 4.69) is 5.32 Å². The minimum atomic E-state index is -0.776. The van der Waals surface area contributed by atoms with Crippen molar-refractivity contribution < 1.29 is 27.5 Å². The van der Waals surface area contributed by atoms with Crippen molar-refractivity contribution in [3.63, 3.8) is 0 Å². The average Bonchev–Trinajstić information content (AvgIpc) is 3.37. The number of benzene rings is 2. The Morgan fingerprint density at radius 1 is 1.10 bits per heavy atom. The lowest BCUT2D eigenvalue weighted by Crippen LogP contribution is -2.28. The van der Waals surface area contributed by atoms with Crippen LogP contribution in [0.2, 0.25) is 0 Å². The summed E-state index contributed by atoms with van der Waals surface area (Å²) in [6, 6.07) is 13.7. The third-order valence-corrected chi connectivity index (χ3v) is 4.94. The molecule has 160 valence electrons. The van der Waals surface area contributed by atoms with Gasteiger partial charge in [-0.1, -0.05) is 12.1 Å². The van der Waals surface area contributed by atoms with Gasteiger partial charge in [0.05, 0.1) is 18.8 Å². The molecule has 1 saturated heterocycles. The van der Waals surface area contributed by atoms with Gasteiger partial charge in [-0.3, -0.25) is 9.59 Å². The summed E-state index contributed by atoms with van der Waals surface area (Å²) in [5, 5.41) is 2.80. The minimum Gasteiger partial charge on any atom is -0.467 e. The van der Waals surface area contributed by atoms with Crippen LogP contribution in [0.25, 0.3) is 0 Å². The van der Waals surface area contributed by atoms with E-state index < -0.39 is 17.6 Å². The van der Waals surface area contributed by atoms with Crippen molar-refractivity contribution in [3.05, 3.63) is 83.8 Å². The quantitative estimate of drug-likeness (QED) is 0.613. The van der Waals surface area contributed by atoms with Gasteiger partial charge in [-0.05, 0) is 42.0 Å². The number of furan rings is 1. The van der Waals surface area contributed by atoms with Crippen LogP contribution in [0, 0.1) is 17.6 Å². The number of carbonyl (C=O) groups is 2. The van der Waals surface area contributed by atoms with Gasteiger partial charge in [0.25, 0.3) is 0 Å². The van der Waals surface area contributed by atoms with Gasteiger partial charge < -0.3 is 19.4 Å². The van der Waals surface area contributed by atoms with Crippen molar-refractivity contribution >= 4 is 23.2 Å². The van der Waals surface area contributed by atoms with E-state index in [0.717, 1.165) is 29.5 Å². The summed E-state index contributed by atoms with van der Waals surface area (Å²) >= 11 is 0. The van der Waals surface area contributed by atoms with E-state index >= 15 is 0 Å². The molecule has 4 rings (SSSR count). The van der Waals surface area contributed by atoms with Crippen LogP contribution in [0.1, 0.15) is 17.7 Å². The lowest BCUT2D eigenvalue weighted by atomic mass is 10.1. The number of carbonyl (C=O) groups excluding carboxylic acids is 2. The number of ether oxygens (including phenoxy) is 1. The van der Waals surface area contributed by atoms with E-state index in [0.29, 0.717) is 18.9 Å². The summed E-state index contributed by atoms with van der Waals surface area (Å²) < 4.78 is 37.8. The molecular weight excluding hydrogens is 406 g/mol. The zero-order valence-electron chi connectivity index (χ0n) is 16.5. The molecule has 1 aliphatic heterocycles. The Balaban J connectivity index is 1.35. The molecule has 2 heterocycles. The van der Waals surface area contributed by atoms with Gasteiger partial charge in [-0.15, -0.1) is 0 Å². The average molecular weight is 426 g/mol. The number of halogens is 2. The molecule has 2 aromatic carbocycles. The van der Waals surface area contributed by atoms with Crippen LogP contribution >= 0.6 is 0 Å². The van der Waals surface area contributed by atoms with Crippen LogP contribution in [-0.2, 0) is 27.5 Å². The predicted octanol–water partition coefficient (Wildman–Crippen LogP) is 4.27. The molecule has 1 unspecified atom stereocenters. The third kappa shape index (κ3) is 5.16. The highest BCUT2D eigenvalue weighted by molar-refractivity contribution is 6.03. The van der Waals surface area contributed by atoms with Crippen LogP contribution in [0.5, 0.6) is 0 Å². The first kappa shape index (κ1) is 20.7. The van der Waals surface area contributed by atoms with Crippen LogP contribution in [0.3, 0.4) is 0 Å². The first-order valence-electron chi connectivity index (χ1n) is 9.74. The van der Waals surface area contributed by atoms with Crippen molar-refractivity contribution in [2.45, 2.75) is 19.6 Å². The monoisotopic (exact) mass is 426 g/mol. The second-order valence-electron chi connectivity index (χ2n) is 7.29. The van der Waals surface area contributed by atoms with Gasteiger partial charge in [0.2, 0.25) is 11.8 Å². The maximum absolute atomic E-state index is 13.5. The number of hydrogen-bond acceptors (Lipinski definition) is 4. The van der Waals surface area contributed by atoms with E-state index in [1.807, 2.05) is 12.1 Å². The fraction of sp³-hybridized carbons (Fsp3) is 0.217. The highest BCUT2D eigenvalue weighted by atomic mass is 19.1. The van der Waals surface area contributed by atoms with Gasteiger partial charge in [0, 0.05) is 30.4 Å². The molecule has 3 aromatic rings. The fourth-order valence-electron chi connectivity index (χ4n) is 3.48. The molecule has 1 aromatic heterocycles. The SMILES string of the molecule is O=C(Nc1cccc(COCc2ccco2)c1)C1CC(=O)N(c2cc(F)cc(F)c2)C1. The van der Waals surface area contributed by atoms with Crippen molar-refractivity contribution in [2.24, 2.45) is 5.92 Å². The molecule has 6 nitrogen and oxygen atoms in total. The number of nitrogens with zero attached hydrogens (tertiary/aromatic N) is 1. The van der Waals surface area contributed by atoms with Crippen molar-refractivity contribution in [1.82, 2.24) is 0 Å². The zero-order valence-corrected chi connectivity index (χ0v) is 16.5. The lowest BCUT2D eigenvalue weighted by molar-refractivity contribution is -0.122. The van der Waals surface area contributed by atoms with Gasteiger partial charge in [0.1, 0.15) is 24.0 Å². The van der Waals surface area contributed by atoms with Gasteiger partial charge in [-0.2, -0.15) is 0 Å². The molecular formula is C23H20F2N2O4. The zero-order chi connectivity index (χ0) is 21.8. The lowest BCUT2D eigenvalue weighted by Gasteiger charge is -2.17. The Hall–Kier alpha value is -3.52. The summed E-state index contributed by atoms with van der Waals surface area (Å²) in [6.45, 7) is 0.731. The van der Waals surface area contributed by atoms with Gasteiger partial charge in [-0.25, -0.2) is 8.78 Å². The van der Waals surface area contributed by atoms with E-state index in [1.54, 1.807) is 30.5 Å². The molecule has 8 heteroatoms. The smallest absolute Gasteiger partial charge is 0.229 e. The van der Waals surface area contributed by atoms with Crippen LogP contribution < -0.4 is 10.2 Å². The van der Waals surface area contributed by atoms with Crippen molar-refractivity contribution in [1.29, 1.82) is 0 Å². The van der Waals surface area contributed by atoms with Gasteiger partial charge >= 0.3 is 0 Å². The molecule has 2 amide bonds. The number of anilines is 2. The van der Waals surface area contributed by atoms with Crippen LogP contribution in [0.4, 0.5) is 20.2 Å². The minimum absolute atomic E-state index is 0.0318. The van der Waals surface area contributed by atoms with E-state index in [4.69, 9.17) is 9.15 Å². The van der Waals surface area contributed by atoms with Crippen LogP contribution in [-0.4, -0.2) is 18.4 Å². The van der Waals surface area contributed by atoms with E-state index in [-0.39, 0.29) is 30.5 Å². The molecule has 0 spiro atoms. The summed E-state index contributed by atoms with van der Waals surface area (Å²) in [5.41, 5.74) is 1.55. The molecule has 0 radical (unpaired) electrons. The summed E-state index contributed by atoms with van der Waals surface area (Å²) in [7, 11) is 0. The number of nitrogens with one attached hydrogen (secondary N) is 1. The summed E-state index contributed by atoms with van der Waals surface area (Å²) in [6.07, 6.45) is 1.55. The first-order chi connectivity index (χ1) is 15.0. The second-order valence-corrected chi connectivity index (χ2v) is 7.29. The highest BCUT2D eigenvalue weighted by Crippen LogP contribution is 2.27. The molecule has 1 fully saturated rings. The van der Waals surface area contributed by atoms with E-state index in [9.17, 15) is 18.4 Å². The molecule has 0 aliphatic carbocycles. The fourth-order valence-corrected chi connectivity index (χ4v) is 3.48. The molecule has 0 saturated carbocycles. The Bertz CT molecular complexity index is 1060. The maximum Gasteiger partial charge on any atom is 0.229 e. The number of amides is 2. The standard InChI is InChI=1S/C23H20F2N2O4/c24-17-9-18(25)11-20(10-17)27-12-16(8-22(27)28)23(29)26-19-4-1-3-15(7-19)13-30-14-21-5-2-6-31-21/h1-7,9-11,16H,8,12-14H2,(H,26,29). The maximum atomic E-state index is 13.5. The van der Waals surface area contributed by atoms with Crippen LogP contribution in [0.15, 0.2) is 65.3 Å². The first-order valence-corrected chi connectivity index (χ1v) is 9.74. The van der Waals surface area contributed by atoms with Gasteiger partial charge in [0.15, 0.2) is 0 Å². The second kappa shape index (κ2) is 9.09. The third-order valence-electron chi connectivity index (χ3n) is 4.94. The topological polar surface area (TPSA) is 71.8 Å². The van der Waals surface area contributed by atoms with Crippen molar-refractivity contribution in [2.75, 3.05) is 16.8 Å². The normalized spacial score (nSPS) is 16.0. The summed E-state index contributed by atoms with van der Waals surface area (Å²) in [5.74, 6) is -2.15. The largest absolute Gasteiger partial charge is 0.467 e. The number of rotatable bonds is 7. The highest BCUT2D eigenvalue weighted by Gasteiger charge is 2.35. The number of hydrogen-bond donors (Lipinski definition) is 1. The predicted molar refractivity (Wildman–Crippen MR) is 109 cm³/mol. The molecule has 0 bridgehead atoms. The summed E-state index contributed by atoms with van der Waals surface area (Å²) in [4.78, 5) is 26.2. The molecule has 1 atom stereocenters. The van der Waals surface area contributed by atoms with E-state index in [1.165, 1.54) is 4.90 Å². The molecule has 1 aliphatic rings. The Labute approximate surface area is 177 Å². The Kier molecular flexibility index (Phi) is 6.08. The molecule has 1 N–H and O–H groups in total.